The summed E-state index contributed by atoms with van der Waals surface area (Å²) in [7, 11) is -3.73. The average Bonchev–Trinajstić information content (AvgIpc) is 3.40. The van der Waals surface area contributed by atoms with Gasteiger partial charge in [-0.05, 0) is 72.1 Å². The molecule has 0 aromatic heterocycles. The molecule has 2 aliphatic carbocycles. The van der Waals surface area contributed by atoms with Gasteiger partial charge in [0.15, 0.2) is 28.2 Å². The van der Waals surface area contributed by atoms with Crippen LogP contribution in [-0.4, -0.2) is 40.4 Å². The molecule has 0 unspecified atom stereocenters. The molecule has 2 aromatic carbocycles. The van der Waals surface area contributed by atoms with Crippen LogP contribution in [0.15, 0.2) is 60.7 Å². The molecule has 4 rings (SSSR count). The predicted molar refractivity (Wildman–Crippen MR) is 171 cm³/mol. The second kappa shape index (κ2) is 12.6. The molecule has 2 fully saturated rings. The summed E-state index contributed by atoms with van der Waals surface area (Å²) in [5.41, 5.74) is 2.53. The van der Waals surface area contributed by atoms with Crippen LogP contribution in [0.2, 0.25) is 36.3 Å². The fraction of sp³-hybridized carbons (Fsp3) is 0.588. The van der Waals surface area contributed by atoms with Crippen LogP contribution in [-0.2, 0) is 18.4 Å². The molecular formula is C34H52O4Si2. The average molecular weight is 581 g/mol. The summed E-state index contributed by atoms with van der Waals surface area (Å²) >= 11 is 0. The number of rotatable bonds is 6. The van der Waals surface area contributed by atoms with Crippen molar-refractivity contribution in [2.45, 2.75) is 128 Å². The van der Waals surface area contributed by atoms with E-state index in [0.29, 0.717) is 24.7 Å². The minimum absolute atomic E-state index is 0.151. The van der Waals surface area contributed by atoms with E-state index in [1.165, 1.54) is 11.1 Å². The van der Waals surface area contributed by atoms with Crippen LogP contribution in [0.4, 0.5) is 0 Å². The molecule has 220 valence electrons. The van der Waals surface area contributed by atoms with Crippen LogP contribution in [0.3, 0.4) is 0 Å². The molecule has 40 heavy (non-hydrogen) atoms. The Morgan fingerprint density at radius 1 is 0.575 bits per heavy atom. The molecule has 0 amide bonds. The summed E-state index contributed by atoms with van der Waals surface area (Å²) in [4.78, 5) is 24.5. The van der Waals surface area contributed by atoms with E-state index < -0.39 is 16.6 Å². The van der Waals surface area contributed by atoms with Crippen LogP contribution < -0.4 is 0 Å². The maximum atomic E-state index is 12.3. The SMILES string of the molecule is CC(C)(C)[Si](C)(C)O[C@@H]1C[C@@H](c2ccccc2)CC1=O.CC(C)(C)[Si](C)(C)O[C@H]1C[C@@H](c2ccccc2)CC1=O. The van der Waals surface area contributed by atoms with Gasteiger partial charge in [0.2, 0.25) is 0 Å². The van der Waals surface area contributed by atoms with Gasteiger partial charge >= 0.3 is 0 Å². The Kier molecular flexibility index (Phi) is 10.2. The Bertz CT molecular complexity index is 1040. The second-order valence-electron chi connectivity index (χ2n) is 14.8. The lowest BCUT2D eigenvalue weighted by atomic mass is 9.98. The highest BCUT2D eigenvalue weighted by molar-refractivity contribution is 6.74. The van der Waals surface area contributed by atoms with E-state index in [4.69, 9.17) is 8.85 Å². The van der Waals surface area contributed by atoms with Crippen LogP contribution >= 0.6 is 0 Å². The zero-order valence-corrected chi connectivity index (χ0v) is 28.5. The lowest BCUT2D eigenvalue weighted by Gasteiger charge is -2.38. The van der Waals surface area contributed by atoms with Crippen molar-refractivity contribution in [1.29, 1.82) is 0 Å². The molecule has 0 spiro atoms. The van der Waals surface area contributed by atoms with Gasteiger partial charge in [0.25, 0.3) is 0 Å². The van der Waals surface area contributed by atoms with Gasteiger partial charge in [0, 0.05) is 12.8 Å². The third-order valence-corrected chi connectivity index (χ3v) is 18.6. The first kappa shape index (κ1) is 32.6. The molecular weight excluding hydrogens is 529 g/mol. The van der Waals surface area contributed by atoms with Crippen molar-refractivity contribution in [3.63, 3.8) is 0 Å². The lowest BCUT2D eigenvalue weighted by molar-refractivity contribution is -0.124. The first-order valence-electron chi connectivity index (χ1n) is 14.9. The largest absolute Gasteiger partial charge is 0.407 e. The first-order valence-corrected chi connectivity index (χ1v) is 20.7. The van der Waals surface area contributed by atoms with Crippen molar-refractivity contribution >= 4 is 28.2 Å². The number of carbonyl (C=O) groups is 2. The number of ketones is 2. The smallest absolute Gasteiger partial charge is 0.193 e. The van der Waals surface area contributed by atoms with Crippen molar-refractivity contribution in [3.05, 3.63) is 71.8 Å². The Morgan fingerprint density at radius 2 is 0.875 bits per heavy atom. The molecule has 2 aliphatic rings. The summed E-state index contributed by atoms with van der Waals surface area (Å²) in [6.07, 6.45) is 2.55. The molecule has 4 nitrogen and oxygen atoms in total. The van der Waals surface area contributed by atoms with Crippen LogP contribution in [0.5, 0.6) is 0 Å². The van der Waals surface area contributed by atoms with E-state index >= 15 is 0 Å². The summed E-state index contributed by atoms with van der Waals surface area (Å²) in [6.45, 7) is 22.2. The van der Waals surface area contributed by atoms with E-state index in [9.17, 15) is 9.59 Å². The molecule has 6 heteroatoms. The van der Waals surface area contributed by atoms with Gasteiger partial charge in [-0.1, -0.05) is 102 Å². The van der Waals surface area contributed by atoms with E-state index in [1.807, 2.05) is 36.4 Å². The van der Waals surface area contributed by atoms with E-state index in [1.54, 1.807) is 0 Å². The third-order valence-electron chi connectivity index (χ3n) is 9.64. The van der Waals surface area contributed by atoms with Gasteiger partial charge in [0.1, 0.15) is 12.2 Å². The van der Waals surface area contributed by atoms with E-state index in [2.05, 4.69) is 92.0 Å². The molecule has 0 bridgehead atoms. The molecule has 4 atom stereocenters. The van der Waals surface area contributed by atoms with Gasteiger partial charge in [-0.25, -0.2) is 0 Å². The maximum Gasteiger partial charge on any atom is 0.193 e. The fourth-order valence-electron chi connectivity index (χ4n) is 4.95. The second-order valence-corrected chi connectivity index (χ2v) is 24.3. The summed E-state index contributed by atoms with van der Waals surface area (Å²) in [5.74, 6) is 1.23. The summed E-state index contributed by atoms with van der Waals surface area (Å²) in [6, 6.07) is 20.7. The summed E-state index contributed by atoms with van der Waals surface area (Å²) < 4.78 is 12.6. The highest BCUT2D eigenvalue weighted by Gasteiger charge is 2.45. The van der Waals surface area contributed by atoms with Crippen molar-refractivity contribution in [2.24, 2.45) is 0 Å². The minimum atomic E-state index is -1.86. The van der Waals surface area contributed by atoms with E-state index in [-0.39, 0.29) is 33.9 Å². The molecule has 0 saturated heterocycles. The van der Waals surface area contributed by atoms with Gasteiger partial charge in [-0.15, -0.1) is 0 Å². The molecule has 2 saturated carbocycles. The quantitative estimate of drug-likeness (QED) is 0.320. The normalized spacial score (nSPS) is 24.1. The van der Waals surface area contributed by atoms with Crippen LogP contribution in [0.1, 0.15) is 90.2 Å². The first-order chi connectivity index (χ1) is 18.4. The number of carbonyl (C=O) groups excluding carboxylic acids is 2. The molecule has 0 aliphatic heterocycles. The zero-order chi connectivity index (χ0) is 29.9. The predicted octanol–water partition coefficient (Wildman–Crippen LogP) is 9.05. The van der Waals surface area contributed by atoms with Crippen LogP contribution in [0, 0.1) is 0 Å². The van der Waals surface area contributed by atoms with Crippen molar-refractivity contribution in [1.82, 2.24) is 0 Å². The fourth-order valence-corrected chi connectivity index (χ4v) is 7.53. The number of hydrogen-bond donors (Lipinski definition) is 0. The molecule has 0 radical (unpaired) electrons. The standard InChI is InChI=1S/2C17H26O2Si/c2*1-17(2,3)20(4,5)19-16-12-14(11-15(16)18)13-9-7-6-8-10-13/h2*6-10,14,16H,11-12H2,1-5H3/t14-,16+;14-,16-/m00/s1. The topological polar surface area (TPSA) is 52.6 Å². The lowest BCUT2D eigenvalue weighted by Crippen LogP contribution is -2.44. The van der Waals surface area contributed by atoms with Gasteiger partial charge in [-0.2, -0.15) is 0 Å². The maximum absolute atomic E-state index is 12.3. The molecule has 0 N–H and O–H groups in total. The Labute approximate surface area is 245 Å². The molecule has 2 aromatic rings. The van der Waals surface area contributed by atoms with Gasteiger partial charge in [0.05, 0.1) is 0 Å². The summed E-state index contributed by atoms with van der Waals surface area (Å²) in [5, 5.41) is 0.302. The number of Topliss-reactive ketones (excluding diaryl/α,β-unsaturated/α-hetero) is 2. The van der Waals surface area contributed by atoms with Gasteiger partial charge in [-0.3, -0.25) is 9.59 Å². The minimum Gasteiger partial charge on any atom is -0.407 e. The highest BCUT2D eigenvalue weighted by atomic mass is 28.4. The van der Waals surface area contributed by atoms with Crippen molar-refractivity contribution in [2.75, 3.05) is 0 Å². The van der Waals surface area contributed by atoms with Crippen LogP contribution in [0.25, 0.3) is 0 Å². The third kappa shape index (κ3) is 8.12. The van der Waals surface area contributed by atoms with Crippen molar-refractivity contribution in [3.8, 4) is 0 Å². The number of hydrogen-bond acceptors (Lipinski definition) is 4. The Hall–Kier alpha value is -1.87. The Balaban J connectivity index is 0.000000220. The highest BCUT2D eigenvalue weighted by Crippen LogP contribution is 2.42. The van der Waals surface area contributed by atoms with E-state index in [0.717, 1.165) is 12.8 Å². The van der Waals surface area contributed by atoms with Gasteiger partial charge < -0.3 is 8.85 Å². The number of benzene rings is 2. The zero-order valence-electron chi connectivity index (χ0n) is 26.5. The monoisotopic (exact) mass is 580 g/mol. The Morgan fingerprint density at radius 3 is 1.15 bits per heavy atom. The van der Waals surface area contributed by atoms with Crippen molar-refractivity contribution < 1.29 is 18.4 Å². The molecule has 0 heterocycles.